The predicted molar refractivity (Wildman–Crippen MR) is 123 cm³/mol. The molecule has 0 unspecified atom stereocenters. The first-order valence-corrected chi connectivity index (χ1v) is 11.6. The Morgan fingerprint density at radius 1 is 0.929 bits per heavy atom. The molecule has 0 radical (unpaired) electrons. The molecule has 0 bridgehead atoms. The van der Waals surface area contributed by atoms with Crippen LogP contribution in [-0.2, 0) is 5.41 Å². The summed E-state index contributed by atoms with van der Waals surface area (Å²) in [5.74, 6) is 0. The van der Waals surface area contributed by atoms with Gasteiger partial charge in [0.25, 0.3) is 0 Å². The number of aromatic nitrogens is 1. The summed E-state index contributed by atoms with van der Waals surface area (Å²) in [7, 11) is 0. The monoisotopic (exact) mass is 386 g/mol. The van der Waals surface area contributed by atoms with E-state index in [-0.39, 0.29) is 12.0 Å². The molecule has 1 aromatic heterocycles. The average molecular weight is 387 g/mol. The van der Waals surface area contributed by atoms with Crippen molar-refractivity contribution in [2.75, 3.05) is 18.5 Å². The Hall–Kier alpha value is -1.48. The number of rotatable bonds is 15. The van der Waals surface area contributed by atoms with E-state index in [0.717, 1.165) is 31.3 Å². The van der Waals surface area contributed by atoms with Crippen LogP contribution >= 0.6 is 0 Å². The van der Waals surface area contributed by atoms with Gasteiger partial charge >= 0.3 is 0 Å². The highest BCUT2D eigenvalue weighted by atomic mass is 16.3. The van der Waals surface area contributed by atoms with E-state index in [1.54, 1.807) is 0 Å². The van der Waals surface area contributed by atoms with Crippen molar-refractivity contribution >= 4 is 16.6 Å². The van der Waals surface area contributed by atoms with E-state index in [1.165, 1.54) is 68.0 Å². The van der Waals surface area contributed by atoms with E-state index >= 15 is 0 Å². The summed E-state index contributed by atoms with van der Waals surface area (Å²) < 4.78 is 0. The Labute approximate surface area is 172 Å². The minimum atomic E-state index is -0.188. The van der Waals surface area contributed by atoms with Gasteiger partial charge in [-0.1, -0.05) is 78.6 Å². The van der Waals surface area contributed by atoms with E-state index in [0.29, 0.717) is 0 Å². The SMILES string of the molecule is CCCCCCCCCCNc1cc([C@](C)(CO)CCCC)c2cc[nH]c2c1. The molecule has 158 valence electrons. The van der Waals surface area contributed by atoms with Crippen LogP contribution in [0, 0.1) is 0 Å². The minimum Gasteiger partial charge on any atom is -0.395 e. The van der Waals surface area contributed by atoms with Crippen molar-refractivity contribution in [2.24, 2.45) is 0 Å². The van der Waals surface area contributed by atoms with Crippen LogP contribution in [0.2, 0.25) is 0 Å². The summed E-state index contributed by atoms with van der Waals surface area (Å²) >= 11 is 0. The molecule has 1 heterocycles. The van der Waals surface area contributed by atoms with Gasteiger partial charge in [0.05, 0.1) is 6.61 Å². The zero-order valence-electron chi connectivity index (χ0n) is 18.4. The summed E-state index contributed by atoms with van der Waals surface area (Å²) in [6.45, 7) is 7.90. The van der Waals surface area contributed by atoms with Crippen LogP contribution in [0.15, 0.2) is 24.4 Å². The quantitative estimate of drug-likeness (QED) is 0.284. The Morgan fingerprint density at radius 3 is 2.29 bits per heavy atom. The van der Waals surface area contributed by atoms with Gasteiger partial charge in [-0.25, -0.2) is 0 Å². The van der Waals surface area contributed by atoms with Crippen molar-refractivity contribution in [3.63, 3.8) is 0 Å². The Morgan fingerprint density at radius 2 is 1.61 bits per heavy atom. The van der Waals surface area contributed by atoms with E-state index in [9.17, 15) is 5.11 Å². The van der Waals surface area contributed by atoms with Crippen molar-refractivity contribution in [1.82, 2.24) is 4.98 Å². The minimum absolute atomic E-state index is 0.188. The number of aliphatic hydroxyl groups excluding tert-OH is 1. The molecule has 0 amide bonds. The first-order chi connectivity index (χ1) is 13.6. The first-order valence-electron chi connectivity index (χ1n) is 11.6. The maximum absolute atomic E-state index is 10.2. The van der Waals surface area contributed by atoms with Gasteiger partial charge < -0.3 is 15.4 Å². The van der Waals surface area contributed by atoms with Crippen molar-refractivity contribution in [2.45, 2.75) is 96.8 Å². The van der Waals surface area contributed by atoms with Crippen LogP contribution in [0.3, 0.4) is 0 Å². The van der Waals surface area contributed by atoms with Crippen LogP contribution in [0.4, 0.5) is 5.69 Å². The molecule has 0 saturated heterocycles. The third-order valence-corrected chi connectivity index (χ3v) is 6.11. The Bertz CT molecular complexity index is 678. The largest absolute Gasteiger partial charge is 0.395 e. The van der Waals surface area contributed by atoms with Crippen LogP contribution in [0.25, 0.3) is 10.9 Å². The summed E-state index contributed by atoms with van der Waals surface area (Å²) in [4.78, 5) is 3.37. The number of anilines is 1. The molecule has 3 heteroatoms. The van der Waals surface area contributed by atoms with Gasteiger partial charge in [0, 0.05) is 34.7 Å². The summed E-state index contributed by atoms with van der Waals surface area (Å²) in [6, 6.07) is 6.63. The number of fused-ring (bicyclic) bond motifs is 1. The highest BCUT2D eigenvalue weighted by molar-refractivity contribution is 5.87. The fourth-order valence-corrected chi connectivity index (χ4v) is 4.13. The normalized spacial score (nSPS) is 13.7. The second kappa shape index (κ2) is 12.2. The average Bonchev–Trinajstić information content (AvgIpc) is 3.18. The van der Waals surface area contributed by atoms with Gasteiger partial charge in [-0.3, -0.25) is 0 Å². The number of aromatic amines is 1. The number of H-pyrrole nitrogens is 1. The molecular formula is C25H42N2O. The van der Waals surface area contributed by atoms with Crippen LogP contribution in [-0.4, -0.2) is 23.2 Å². The summed E-state index contributed by atoms with van der Waals surface area (Å²) in [5.41, 5.74) is 3.41. The van der Waals surface area contributed by atoms with Gasteiger partial charge in [0.2, 0.25) is 0 Å². The lowest BCUT2D eigenvalue weighted by atomic mass is 9.77. The number of unbranched alkanes of at least 4 members (excludes halogenated alkanes) is 8. The maximum Gasteiger partial charge on any atom is 0.0525 e. The molecule has 0 fully saturated rings. The van der Waals surface area contributed by atoms with Crippen molar-refractivity contribution in [1.29, 1.82) is 0 Å². The van der Waals surface area contributed by atoms with Crippen molar-refractivity contribution in [3.05, 3.63) is 30.0 Å². The fraction of sp³-hybridized carbons (Fsp3) is 0.680. The molecule has 0 aliphatic rings. The highest BCUT2D eigenvalue weighted by Crippen LogP contribution is 2.36. The second-order valence-electron chi connectivity index (χ2n) is 8.69. The van der Waals surface area contributed by atoms with Gasteiger partial charge in [-0.15, -0.1) is 0 Å². The molecule has 0 saturated carbocycles. The van der Waals surface area contributed by atoms with Crippen molar-refractivity contribution in [3.8, 4) is 0 Å². The lowest BCUT2D eigenvalue weighted by Gasteiger charge is -2.29. The molecular weight excluding hydrogens is 344 g/mol. The van der Waals surface area contributed by atoms with E-state index in [1.807, 2.05) is 6.20 Å². The summed E-state index contributed by atoms with van der Waals surface area (Å²) in [6.07, 6.45) is 16.1. The fourth-order valence-electron chi connectivity index (χ4n) is 4.13. The molecule has 1 atom stereocenters. The molecule has 1 aromatic carbocycles. The molecule has 0 aliphatic carbocycles. The number of hydrogen-bond acceptors (Lipinski definition) is 2. The highest BCUT2D eigenvalue weighted by Gasteiger charge is 2.28. The van der Waals surface area contributed by atoms with Gasteiger partial charge in [-0.2, -0.15) is 0 Å². The maximum atomic E-state index is 10.2. The Balaban J connectivity index is 1.93. The summed E-state index contributed by atoms with van der Waals surface area (Å²) in [5, 5.41) is 15.0. The molecule has 28 heavy (non-hydrogen) atoms. The van der Waals surface area contributed by atoms with Crippen molar-refractivity contribution < 1.29 is 5.11 Å². The van der Waals surface area contributed by atoms with Gasteiger partial charge in [0.15, 0.2) is 0 Å². The smallest absolute Gasteiger partial charge is 0.0525 e. The molecule has 0 spiro atoms. The molecule has 3 N–H and O–H groups in total. The van der Waals surface area contributed by atoms with E-state index < -0.39 is 0 Å². The van der Waals surface area contributed by atoms with Crippen LogP contribution in [0.1, 0.15) is 97.0 Å². The molecule has 2 aromatic rings. The standard InChI is InChI=1S/C25H42N2O/c1-4-6-8-9-10-11-12-13-16-26-21-18-23(22-14-17-27-24(22)19-21)25(3,20-28)15-7-5-2/h14,17-19,26-28H,4-13,15-16,20H2,1-3H3/t25-/m0/s1. The first kappa shape index (κ1) is 22.8. The number of aliphatic hydroxyl groups is 1. The van der Waals surface area contributed by atoms with Crippen LogP contribution in [0.5, 0.6) is 0 Å². The van der Waals surface area contributed by atoms with Crippen LogP contribution < -0.4 is 5.32 Å². The van der Waals surface area contributed by atoms with Gasteiger partial charge in [0.1, 0.15) is 0 Å². The topological polar surface area (TPSA) is 48.0 Å². The zero-order chi connectivity index (χ0) is 20.2. The third kappa shape index (κ3) is 6.55. The number of hydrogen-bond donors (Lipinski definition) is 3. The lowest BCUT2D eigenvalue weighted by molar-refractivity contribution is 0.195. The van der Waals surface area contributed by atoms with E-state index in [4.69, 9.17) is 0 Å². The molecule has 2 rings (SSSR count). The Kier molecular flexibility index (Phi) is 9.91. The molecule has 0 aliphatic heterocycles. The predicted octanol–water partition coefficient (Wildman–Crippen LogP) is 7.16. The second-order valence-corrected chi connectivity index (χ2v) is 8.69. The zero-order valence-corrected chi connectivity index (χ0v) is 18.4. The number of benzene rings is 1. The lowest BCUT2D eigenvalue weighted by Crippen LogP contribution is -2.27. The van der Waals surface area contributed by atoms with Gasteiger partial charge in [-0.05, 0) is 36.6 Å². The molecule has 3 nitrogen and oxygen atoms in total. The number of nitrogens with one attached hydrogen (secondary N) is 2. The third-order valence-electron chi connectivity index (χ3n) is 6.11. The van der Waals surface area contributed by atoms with E-state index in [2.05, 4.69) is 49.3 Å².